The minimum atomic E-state index is -4.10. The Hall–Kier alpha value is -4.63. The number of phosphoric ester groups is 1. The first kappa shape index (κ1) is 43.5. The van der Waals surface area contributed by atoms with E-state index in [0.717, 1.165) is 23.5 Å². The van der Waals surface area contributed by atoms with Crippen molar-refractivity contribution in [2.45, 2.75) is 42.5 Å². The number of hydrogen-bond donors (Lipinski definition) is 0. The number of thiophene rings is 1. The Balaban J connectivity index is 1.36. The molecule has 0 bridgehead atoms. The van der Waals surface area contributed by atoms with Crippen LogP contribution in [0, 0.1) is 28.8 Å². The minimum Gasteiger partial charge on any atom is -0.447 e. The molecular weight excluding hydrogens is 805 g/mol. The highest BCUT2D eigenvalue weighted by Crippen LogP contribution is 2.50. The number of ether oxygens (including phenoxy) is 3. The first-order valence-electron chi connectivity index (χ1n) is 17.3. The summed E-state index contributed by atoms with van der Waals surface area (Å²) >= 11 is 2.32. The first-order chi connectivity index (χ1) is 27.5. The molecule has 0 N–H and O–H groups in total. The monoisotopic (exact) mass is 842 g/mol. The molecule has 2 atom stereocenters. The van der Waals surface area contributed by atoms with Crippen molar-refractivity contribution in [1.29, 1.82) is 5.26 Å². The fourth-order valence-corrected chi connectivity index (χ4v) is 8.76. The Morgan fingerprint density at radius 3 is 2.51 bits per heavy atom. The molecule has 5 rings (SSSR count). The normalized spacial score (nSPS) is 17.6. The molecule has 0 amide bonds. The van der Waals surface area contributed by atoms with Crippen LogP contribution in [0.5, 0.6) is 0 Å². The molecule has 0 spiro atoms. The number of carbonyl (C=O) groups excluding carboxylic acids is 1. The minimum absolute atomic E-state index is 0.0617. The summed E-state index contributed by atoms with van der Waals surface area (Å²) < 4.78 is 93.3. The molecule has 2 aromatic heterocycles. The number of rotatable bonds is 20. The maximum absolute atomic E-state index is 15.9. The lowest BCUT2D eigenvalue weighted by Gasteiger charge is -2.40. The van der Waals surface area contributed by atoms with Crippen molar-refractivity contribution in [3.63, 3.8) is 0 Å². The quantitative estimate of drug-likeness (QED) is 0.0364. The number of hydrogen-bond acceptors (Lipinski definition) is 13. The van der Waals surface area contributed by atoms with Crippen LogP contribution in [-0.4, -0.2) is 64.0 Å². The van der Waals surface area contributed by atoms with E-state index in [0.29, 0.717) is 11.6 Å². The van der Waals surface area contributed by atoms with Crippen molar-refractivity contribution in [3.05, 3.63) is 149 Å². The molecule has 0 saturated carbocycles. The van der Waals surface area contributed by atoms with Crippen LogP contribution in [0.3, 0.4) is 0 Å². The Morgan fingerprint density at radius 2 is 1.86 bits per heavy atom. The second kappa shape index (κ2) is 20.7. The third-order valence-electron chi connectivity index (χ3n) is 8.27. The number of benzene rings is 2. The first-order valence-corrected chi connectivity index (χ1v) is 20.5. The van der Waals surface area contributed by atoms with Crippen molar-refractivity contribution < 1.29 is 50.3 Å². The number of allylic oxidation sites excluding steroid dienone is 2. The number of halogens is 3. The van der Waals surface area contributed by atoms with Crippen molar-refractivity contribution in [2.24, 2.45) is 0 Å². The van der Waals surface area contributed by atoms with Crippen LogP contribution >= 0.6 is 30.9 Å². The van der Waals surface area contributed by atoms with E-state index in [1.165, 1.54) is 59.4 Å². The highest BCUT2D eigenvalue weighted by atomic mass is 32.2. The molecule has 18 heteroatoms. The average Bonchev–Trinajstić information content (AvgIpc) is 3.91. The van der Waals surface area contributed by atoms with Gasteiger partial charge in [0, 0.05) is 28.0 Å². The van der Waals surface area contributed by atoms with Crippen LogP contribution in [0.15, 0.2) is 104 Å². The number of nitrogens with zero attached hydrogens (tertiary/aromatic N) is 4. The van der Waals surface area contributed by atoms with Crippen molar-refractivity contribution in [1.82, 2.24) is 14.8 Å². The van der Waals surface area contributed by atoms with Gasteiger partial charge in [0.05, 0.1) is 56.5 Å². The smallest absolute Gasteiger partial charge is 0.447 e. The van der Waals surface area contributed by atoms with Crippen LogP contribution in [0.25, 0.3) is 6.08 Å². The molecule has 0 unspecified atom stereocenters. The summed E-state index contributed by atoms with van der Waals surface area (Å²) in [7, 11) is -4.10. The van der Waals surface area contributed by atoms with Gasteiger partial charge >= 0.3 is 13.8 Å². The second-order valence-electron chi connectivity index (χ2n) is 12.2. The molecule has 2 aromatic carbocycles. The van der Waals surface area contributed by atoms with Gasteiger partial charge in [-0.05, 0) is 48.7 Å². The summed E-state index contributed by atoms with van der Waals surface area (Å²) in [6, 6.07) is 10.6. The molecule has 12 nitrogen and oxygen atoms in total. The van der Waals surface area contributed by atoms with Crippen LogP contribution in [-0.2, 0) is 51.1 Å². The van der Waals surface area contributed by atoms with Crippen LogP contribution in [0.4, 0.5) is 13.2 Å². The van der Waals surface area contributed by atoms with Gasteiger partial charge in [0.2, 0.25) is 0 Å². The predicted molar refractivity (Wildman–Crippen MR) is 208 cm³/mol. The van der Waals surface area contributed by atoms with Crippen LogP contribution in [0.1, 0.15) is 38.8 Å². The number of esters is 1. The zero-order chi connectivity index (χ0) is 40.8. The highest BCUT2D eigenvalue weighted by Gasteiger charge is 2.47. The lowest BCUT2D eigenvalue weighted by Crippen LogP contribution is -2.47. The van der Waals surface area contributed by atoms with Gasteiger partial charge in [-0.3, -0.25) is 13.6 Å². The van der Waals surface area contributed by atoms with E-state index in [1.807, 2.05) is 6.07 Å². The molecule has 300 valence electrons. The Kier molecular flexibility index (Phi) is 15.8. The van der Waals surface area contributed by atoms with E-state index in [2.05, 4.69) is 23.2 Å². The van der Waals surface area contributed by atoms with Crippen molar-refractivity contribution in [3.8, 4) is 6.07 Å². The molecule has 4 aromatic rings. The third-order valence-corrected chi connectivity index (χ3v) is 12.0. The zero-order valence-corrected chi connectivity index (χ0v) is 33.1. The van der Waals surface area contributed by atoms with Crippen molar-refractivity contribution >= 4 is 43.0 Å². The molecule has 1 fully saturated rings. The number of phosphoric acid groups is 1. The number of thioether (sulfide) groups is 1. The molecule has 0 radical (unpaired) electrons. The number of aromatic nitrogens is 3. The molecule has 1 aliphatic heterocycles. The summed E-state index contributed by atoms with van der Waals surface area (Å²) in [5, 5.41) is 13.7. The van der Waals surface area contributed by atoms with Gasteiger partial charge in [-0.2, -0.15) is 10.4 Å². The van der Waals surface area contributed by atoms with Gasteiger partial charge in [-0.25, -0.2) is 32.2 Å². The number of carbonyl (C=O) groups is 1. The second-order valence-corrected chi connectivity index (χ2v) is 16.4. The van der Waals surface area contributed by atoms with E-state index < -0.39 is 48.4 Å². The van der Waals surface area contributed by atoms with E-state index in [-0.39, 0.29) is 66.4 Å². The van der Waals surface area contributed by atoms with Gasteiger partial charge < -0.3 is 14.2 Å². The van der Waals surface area contributed by atoms with Gasteiger partial charge in [0.15, 0.2) is 11.9 Å². The lowest BCUT2D eigenvalue weighted by molar-refractivity contribution is -0.146. The summed E-state index contributed by atoms with van der Waals surface area (Å²) in [5.74, 6) is -3.19. The summed E-state index contributed by atoms with van der Waals surface area (Å²) in [6.45, 7) is 8.32. The number of nitriles is 1. The molecule has 0 aliphatic carbocycles. The Bertz CT molecular complexity index is 2140. The van der Waals surface area contributed by atoms with Crippen LogP contribution in [0.2, 0.25) is 0 Å². The maximum atomic E-state index is 15.9. The van der Waals surface area contributed by atoms with Gasteiger partial charge in [0.1, 0.15) is 35.0 Å². The molecule has 3 heterocycles. The summed E-state index contributed by atoms with van der Waals surface area (Å²) in [5.41, 5.74) is -1.14. The fourth-order valence-electron chi connectivity index (χ4n) is 5.51. The summed E-state index contributed by atoms with van der Waals surface area (Å²) in [6.07, 6.45) is 11.1. The summed E-state index contributed by atoms with van der Waals surface area (Å²) in [4.78, 5) is 18.3. The zero-order valence-electron chi connectivity index (χ0n) is 30.6. The average molecular weight is 843 g/mol. The molecule has 1 aliphatic rings. The maximum Gasteiger partial charge on any atom is 0.475 e. The van der Waals surface area contributed by atoms with Crippen molar-refractivity contribution in [2.75, 3.05) is 26.4 Å². The molecular formula is C39H38F3N4O8PS2. The SMILES string of the molecule is C=CCOP(=O)(OCC=C)OCc1ccsc1C(=O)O[C@@](Cn1cncn1)(c1ccc(F)cc1F)[C@@H](C)SC1COC(C=CC=Cc2ccc(C#N)cc2F)OC1. The fraction of sp³-hybridized carbons (Fsp3) is 0.282. The molecule has 57 heavy (non-hydrogen) atoms. The third kappa shape index (κ3) is 11.7. The largest absolute Gasteiger partial charge is 0.475 e. The van der Waals surface area contributed by atoms with Crippen LogP contribution < -0.4 is 0 Å². The van der Waals surface area contributed by atoms with E-state index in [9.17, 15) is 18.1 Å². The standard InChI is InChI=1S/C39H38F3N4O8PS2/c1-4-15-51-55(48,52-16-5-2)53-21-30-14-17-56-37(30)38(47)54-39(24-46-26-44-25-45-46,33-13-12-31(40)19-35(33)42)27(3)57-32-22-49-36(50-23-32)9-7-6-8-29-11-10-28(20-43)18-34(29)41/h4-14,17-19,25-27,32,36H,1-2,15-16,21-24H2,3H3/t27-,32?,36?,39-/m1/s1. The lowest BCUT2D eigenvalue weighted by atomic mass is 9.89. The Labute approximate surface area is 335 Å². The van der Waals surface area contributed by atoms with E-state index >= 15 is 4.39 Å². The van der Waals surface area contributed by atoms with Gasteiger partial charge in [-0.1, -0.05) is 36.4 Å². The Morgan fingerprint density at radius 1 is 1.11 bits per heavy atom. The predicted octanol–water partition coefficient (Wildman–Crippen LogP) is 8.54. The molecule has 1 saturated heterocycles. The highest BCUT2D eigenvalue weighted by molar-refractivity contribution is 8.00. The topological polar surface area (TPSA) is 144 Å². The van der Waals surface area contributed by atoms with E-state index in [1.54, 1.807) is 42.7 Å². The van der Waals surface area contributed by atoms with Gasteiger partial charge in [-0.15, -0.1) is 36.3 Å². The van der Waals surface area contributed by atoms with Gasteiger partial charge in [0.25, 0.3) is 0 Å². The van der Waals surface area contributed by atoms with E-state index in [4.69, 9.17) is 33.0 Å².